The zero-order valence-electron chi connectivity index (χ0n) is 12.8. The van der Waals surface area contributed by atoms with Gasteiger partial charge < -0.3 is 10.1 Å². The number of hydrogen-bond acceptors (Lipinski definition) is 6. The van der Waals surface area contributed by atoms with Gasteiger partial charge in [0.05, 0.1) is 24.4 Å². The summed E-state index contributed by atoms with van der Waals surface area (Å²) in [5.74, 6) is -0.175. The molecule has 1 fully saturated rings. The highest BCUT2D eigenvalue weighted by Gasteiger charge is 2.36. The maximum atomic E-state index is 12.5. The van der Waals surface area contributed by atoms with Gasteiger partial charge in [-0.2, -0.15) is 0 Å². The Labute approximate surface area is 137 Å². The second kappa shape index (κ2) is 6.33. The largest absolute Gasteiger partial charge is 0.493 e. The van der Waals surface area contributed by atoms with Crippen molar-refractivity contribution < 1.29 is 14.3 Å². The molecule has 3 rings (SSSR count). The van der Waals surface area contributed by atoms with E-state index in [9.17, 15) is 9.59 Å². The summed E-state index contributed by atoms with van der Waals surface area (Å²) in [4.78, 5) is 34.4. The number of aromatic nitrogens is 2. The molecular formula is C15H16N4O3S. The highest BCUT2D eigenvalue weighted by Crippen LogP contribution is 2.30. The van der Waals surface area contributed by atoms with Gasteiger partial charge in [-0.25, -0.2) is 4.98 Å². The predicted octanol–water partition coefficient (Wildman–Crippen LogP) is 1.85. The average molecular weight is 332 g/mol. The van der Waals surface area contributed by atoms with Gasteiger partial charge in [0.1, 0.15) is 0 Å². The van der Waals surface area contributed by atoms with Crippen LogP contribution in [0.25, 0.3) is 0 Å². The number of aryl methyl sites for hydroxylation is 1. The lowest BCUT2D eigenvalue weighted by Crippen LogP contribution is -2.28. The molecule has 0 saturated carbocycles. The molecule has 1 saturated heterocycles. The van der Waals surface area contributed by atoms with Crippen LogP contribution in [0, 0.1) is 12.8 Å². The molecule has 8 heteroatoms. The van der Waals surface area contributed by atoms with Gasteiger partial charge in [-0.05, 0) is 13.0 Å². The number of rotatable bonds is 4. The van der Waals surface area contributed by atoms with Crippen LogP contribution >= 0.6 is 11.3 Å². The fraction of sp³-hybridized carbons (Fsp3) is 0.333. The number of anilines is 2. The third kappa shape index (κ3) is 3.02. The number of hydrogen-bond donors (Lipinski definition) is 1. The minimum atomic E-state index is -0.412. The molecule has 2 amide bonds. The molecule has 0 radical (unpaired) electrons. The average Bonchev–Trinajstić information content (AvgIpc) is 3.16. The maximum absolute atomic E-state index is 12.5. The lowest BCUT2D eigenvalue weighted by atomic mass is 10.1. The van der Waals surface area contributed by atoms with E-state index in [2.05, 4.69) is 15.3 Å². The van der Waals surface area contributed by atoms with Crippen molar-refractivity contribution in [1.82, 2.24) is 9.97 Å². The molecule has 0 aromatic carbocycles. The second-order valence-electron chi connectivity index (χ2n) is 5.19. The SMILES string of the molecule is COc1c(NC(=O)C2CC(=O)N(c3nccs3)C2)ccnc1C. The minimum absolute atomic E-state index is 0.0852. The Kier molecular flexibility index (Phi) is 4.24. The van der Waals surface area contributed by atoms with Crippen molar-refractivity contribution >= 4 is 34.0 Å². The third-order valence-corrected chi connectivity index (χ3v) is 4.49. The van der Waals surface area contributed by atoms with Crippen molar-refractivity contribution in [3.63, 3.8) is 0 Å². The molecule has 2 aromatic heterocycles. The Morgan fingerprint density at radius 2 is 2.26 bits per heavy atom. The normalized spacial score (nSPS) is 17.4. The number of ether oxygens (including phenoxy) is 1. The zero-order chi connectivity index (χ0) is 16.4. The monoisotopic (exact) mass is 332 g/mol. The predicted molar refractivity (Wildman–Crippen MR) is 86.7 cm³/mol. The Balaban J connectivity index is 1.73. The number of amides is 2. The molecule has 120 valence electrons. The van der Waals surface area contributed by atoms with E-state index in [0.717, 1.165) is 0 Å². The van der Waals surface area contributed by atoms with Gasteiger partial charge in [-0.3, -0.25) is 19.5 Å². The van der Waals surface area contributed by atoms with Crippen molar-refractivity contribution in [2.75, 3.05) is 23.9 Å². The van der Waals surface area contributed by atoms with Crippen molar-refractivity contribution in [3.05, 3.63) is 29.5 Å². The molecule has 2 aromatic rings. The van der Waals surface area contributed by atoms with Crippen molar-refractivity contribution in [3.8, 4) is 5.75 Å². The van der Waals surface area contributed by atoms with Crippen molar-refractivity contribution in [1.29, 1.82) is 0 Å². The van der Waals surface area contributed by atoms with Gasteiger partial charge in [-0.15, -0.1) is 11.3 Å². The molecule has 23 heavy (non-hydrogen) atoms. The van der Waals surface area contributed by atoms with E-state index in [0.29, 0.717) is 28.8 Å². The van der Waals surface area contributed by atoms with Crippen LogP contribution in [-0.4, -0.2) is 35.4 Å². The molecule has 1 aliphatic heterocycles. The lowest BCUT2D eigenvalue weighted by molar-refractivity contribution is -0.122. The van der Waals surface area contributed by atoms with E-state index in [1.165, 1.54) is 18.4 Å². The second-order valence-corrected chi connectivity index (χ2v) is 6.06. The van der Waals surface area contributed by atoms with Crippen LogP contribution in [-0.2, 0) is 9.59 Å². The van der Waals surface area contributed by atoms with Crippen LogP contribution < -0.4 is 15.0 Å². The first-order chi connectivity index (χ1) is 11.1. The Bertz CT molecular complexity index is 732. The molecule has 3 heterocycles. The first kappa shape index (κ1) is 15.4. The highest BCUT2D eigenvalue weighted by atomic mass is 32.1. The number of pyridine rings is 1. The topological polar surface area (TPSA) is 84.4 Å². The maximum Gasteiger partial charge on any atom is 0.229 e. The number of nitrogens with one attached hydrogen (secondary N) is 1. The molecule has 0 bridgehead atoms. The van der Waals surface area contributed by atoms with E-state index in [4.69, 9.17) is 4.74 Å². The van der Waals surface area contributed by atoms with Gasteiger partial charge >= 0.3 is 0 Å². The van der Waals surface area contributed by atoms with Crippen LogP contribution in [0.15, 0.2) is 23.8 Å². The van der Waals surface area contributed by atoms with Gasteiger partial charge in [0.25, 0.3) is 0 Å². The fourth-order valence-corrected chi connectivity index (χ4v) is 3.23. The molecule has 1 atom stereocenters. The number of carbonyl (C=O) groups excluding carboxylic acids is 2. The molecular weight excluding hydrogens is 316 g/mol. The number of carbonyl (C=O) groups is 2. The van der Waals surface area contributed by atoms with Crippen LogP contribution in [0.5, 0.6) is 5.75 Å². The summed E-state index contributed by atoms with van der Waals surface area (Å²) >= 11 is 1.38. The van der Waals surface area contributed by atoms with E-state index < -0.39 is 5.92 Å². The summed E-state index contributed by atoms with van der Waals surface area (Å²) in [5, 5.41) is 5.26. The summed E-state index contributed by atoms with van der Waals surface area (Å²) < 4.78 is 5.28. The fourth-order valence-electron chi connectivity index (χ4n) is 2.56. The van der Waals surface area contributed by atoms with Gasteiger partial charge in [0, 0.05) is 30.7 Å². The van der Waals surface area contributed by atoms with Crippen LogP contribution in [0.2, 0.25) is 0 Å². The molecule has 1 aliphatic rings. The Morgan fingerprint density at radius 1 is 1.43 bits per heavy atom. The summed E-state index contributed by atoms with van der Waals surface area (Å²) in [5.41, 5.74) is 1.25. The van der Waals surface area contributed by atoms with Gasteiger partial charge in [0.15, 0.2) is 10.9 Å². The number of thiazole rings is 1. The van der Waals surface area contributed by atoms with E-state index in [1.807, 2.05) is 0 Å². The molecule has 1 N–H and O–H groups in total. The van der Waals surface area contributed by atoms with Gasteiger partial charge in [-0.1, -0.05) is 0 Å². The summed E-state index contributed by atoms with van der Waals surface area (Å²) in [6.45, 7) is 2.14. The van der Waals surface area contributed by atoms with Gasteiger partial charge in [0.2, 0.25) is 11.8 Å². The smallest absolute Gasteiger partial charge is 0.229 e. The molecule has 0 aliphatic carbocycles. The Morgan fingerprint density at radius 3 is 2.96 bits per heavy atom. The van der Waals surface area contributed by atoms with Crippen LogP contribution in [0.1, 0.15) is 12.1 Å². The lowest BCUT2D eigenvalue weighted by Gasteiger charge is -2.15. The standard InChI is InChI=1S/C15H16N4O3S/c1-9-13(22-2)11(3-4-16-9)18-14(21)10-7-12(20)19(8-10)15-17-5-6-23-15/h3-6,10H,7-8H2,1-2H3,(H,16,18,21). The van der Waals surface area contributed by atoms with Crippen molar-refractivity contribution in [2.24, 2.45) is 5.92 Å². The summed E-state index contributed by atoms with van der Waals surface area (Å²) in [7, 11) is 1.53. The third-order valence-electron chi connectivity index (χ3n) is 3.69. The minimum Gasteiger partial charge on any atom is -0.493 e. The van der Waals surface area contributed by atoms with E-state index in [1.54, 1.807) is 35.7 Å². The van der Waals surface area contributed by atoms with E-state index in [-0.39, 0.29) is 18.2 Å². The first-order valence-corrected chi connectivity index (χ1v) is 7.98. The molecule has 1 unspecified atom stereocenters. The summed E-state index contributed by atoms with van der Waals surface area (Å²) in [6.07, 6.45) is 3.43. The zero-order valence-corrected chi connectivity index (χ0v) is 13.6. The molecule has 7 nitrogen and oxygen atoms in total. The van der Waals surface area contributed by atoms with Crippen LogP contribution in [0.4, 0.5) is 10.8 Å². The number of methoxy groups -OCH3 is 1. The quantitative estimate of drug-likeness (QED) is 0.923. The number of nitrogens with zero attached hydrogens (tertiary/aromatic N) is 3. The highest BCUT2D eigenvalue weighted by molar-refractivity contribution is 7.13. The van der Waals surface area contributed by atoms with E-state index >= 15 is 0 Å². The molecule has 0 spiro atoms. The Hall–Kier alpha value is -2.48. The van der Waals surface area contributed by atoms with Crippen molar-refractivity contribution in [2.45, 2.75) is 13.3 Å². The first-order valence-electron chi connectivity index (χ1n) is 7.10. The van der Waals surface area contributed by atoms with Crippen LogP contribution in [0.3, 0.4) is 0 Å². The summed E-state index contributed by atoms with van der Waals surface area (Å²) in [6, 6.07) is 1.68.